The van der Waals surface area contributed by atoms with Crippen molar-refractivity contribution in [1.29, 1.82) is 0 Å². The molecule has 2 aliphatic heterocycles. The van der Waals surface area contributed by atoms with Crippen LogP contribution in [0.15, 0.2) is 0 Å². The van der Waals surface area contributed by atoms with Crippen LogP contribution in [-0.4, -0.2) is 67.9 Å². The summed E-state index contributed by atoms with van der Waals surface area (Å²) in [5, 5.41) is 3.56. The molecule has 2 saturated heterocycles. The van der Waals surface area contributed by atoms with Gasteiger partial charge in [-0.15, -0.1) is 0 Å². The molecule has 0 bridgehead atoms. The molecule has 2 heterocycles. The van der Waals surface area contributed by atoms with Gasteiger partial charge in [0.25, 0.3) is 0 Å². The average molecular weight is 297 g/mol. The highest BCUT2D eigenvalue weighted by Crippen LogP contribution is 2.21. The lowest BCUT2D eigenvalue weighted by atomic mass is 10.2. The fraction of sp³-hybridized carbons (Fsp3) is 1.00. The molecule has 0 radical (unpaired) electrons. The fourth-order valence-electron chi connectivity index (χ4n) is 3.48. The molecule has 0 aromatic carbocycles. The van der Waals surface area contributed by atoms with E-state index in [0.717, 1.165) is 26.1 Å². The third kappa shape index (κ3) is 5.85. The largest absolute Gasteiger partial charge is 0.377 e. The summed E-state index contributed by atoms with van der Waals surface area (Å²) in [5.74, 6) is 0. The van der Waals surface area contributed by atoms with Crippen LogP contribution in [0.3, 0.4) is 0 Å². The second-order valence-electron chi connectivity index (χ2n) is 6.60. The van der Waals surface area contributed by atoms with Gasteiger partial charge in [-0.05, 0) is 78.2 Å². The number of nitrogens with one attached hydrogen (secondary N) is 1. The highest BCUT2D eigenvalue weighted by Gasteiger charge is 2.28. The summed E-state index contributed by atoms with van der Waals surface area (Å²) in [6.07, 6.45) is 8.99. The van der Waals surface area contributed by atoms with Gasteiger partial charge < -0.3 is 10.1 Å². The predicted molar refractivity (Wildman–Crippen MR) is 88.6 cm³/mol. The first kappa shape index (κ1) is 17.2. The van der Waals surface area contributed by atoms with Crippen LogP contribution in [0, 0.1) is 0 Å². The van der Waals surface area contributed by atoms with Gasteiger partial charge in [-0.3, -0.25) is 9.80 Å². The Bertz CT molecular complexity index is 247. The molecule has 0 aromatic rings. The number of likely N-dealkylation sites (tertiary alicyclic amines) is 2. The molecule has 0 spiro atoms. The molecular formula is C17H35N3O. The third-order valence-corrected chi connectivity index (χ3v) is 4.96. The van der Waals surface area contributed by atoms with Gasteiger partial charge in [0.15, 0.2) is 0 Å². The summed E-state index contributed by atoms with van der Waals surface area (Å²) in [5.41, 5.74) is 0. The Balaban J connectivity index is 1.62. The van der Waals surface area contributed by atoms with E-state index in [2.05, 4.69) is 29.0 Å². The lowest BCUT2D eigenvalue weighted by molar-refractivity contribution is 0.0602. The smallest absolute Gasteiger partial charge is 0.0634 e. The maximum absolute atomic E-state index is 5.71. The van der Waals surface area contributed by atoms with Crippen molar-refractivity contribution < 1.29 is 4.74 Å². The van der Waals surface area contributed by atoms with E-state index in [1.54, 1.807) is 0 Å². The van der Waals surface area contributed by atoms with E-state index >= 15 is 0 Å². The standard InChI is InChI=1S/C17H35N3O/c1-3-16(2)21-15-10-18-9-8-17(19-11-4-5-12-19)20-13-6-7-14-20/h16-18H,3-15H2,1-2H3. The van der Waals surface area contributed by atoms with Gasteiger partial charge >= 0.3 is 0 Å². The molecule has 0 saturated carbocycles. The molecule has 0 amide bonds. The third-order valence-electron chi connectivity index (χ3n) is 4.96. The Morgan fingerprint density at radius 2 is 1.52 bits per heavy atom. The quantitative estimate of drug-likeness (QED) is 0.626. The number of rotatable bonds is 10. The molecule has 2 fully saturated rings. The summed E-state index contributed by atoms with van der Waals surface area (Å²) in [6.45, 7) is 12.5. The topological polar surface area (TPSA) is 27.7 Å². The van der Waals surface area contributed by atoms with Gasteiger partial charge in [0, 0.05) is 6.54 Å². The Labute approximate surface area is 131 Å². The summed E-state index contributed by atoms with van der Waals surface area (Å²) in [7, 11) is 0. The summed E-state index contributed by atoms with van der Waals surface area (Å²) in [4.78, 5) is 5.42. The lowest BCUT2D eigenvalue weighted by Crippen LogP contribution is -2.47. The Hall–Kier alpha value is -0.160. The van der Waals surface area contributed by atoms with Crippen molar-refractivity contribution in [2.45, 2.75) is 64.6 Å². The molecule has 2 rings (SSSR count). The second-order valence-corrected chi connectivity index (χ2v) is 6.60. The molecule has 0 aromatic heterocycles. The summed E-state index contributed by atoms with van der Waals surface area (Å²) in [6, 6.07) is 0. The second kappa shape index (κ2) is 9.78. The molecule has 2 aliphatic rings. The van der Waals surface area contributed by atoms with E-state index < -0.39 is 0 Å². The van der Waals surface area contributed by atoms with Gasteiger partial charge in [-0.2, -0.15) is 0 Å². The monoisotopic (exact) mass is 297 g/mol. The van der Waals surface area contributed by atoms with Crippen LogP contribution in [0.25, 0.3) is 0 Å². The average Bonchev–Trinajstić information content (AvgIpc) is 3.19. The van der Waals surface area contributed by atoms with Crippen LogP contribution < -0.4 is 5.32 Å². The summed E-state index contributed by atoms with van der Waals surface area (Å²) >= 11 is 0. The molecule has 4 nitrogen and oxygen atoms in total. The Kier molecular flexibility index (Phi) is 8.01. The first-order valence-corrected chi connectivity index (χ1v) is 9.11. The number of hydrogen-bond acceptors (Lipinski definition) is 4. The molecule has 4 heteroatoms. The van der Waals surface area contributed by atoms with Crippen LogP contribution in [0.2, 0.25) is 0 Å². The van der Waals surface area contributed by atoms with E-state index in [9.17, 15) is 0 Å². The maximum atomic E-state index is 5.71. The zero-order valence-corrected chi connectivity index (χ0v) is 14.1. The van der Waals surface area contributed by atoms with E-state index in [1.807, 2.05) is 0 Å². The van der Waals surface area contributed by atoms with Crippen LogP contribution >= 0.6 is 0 Å². The van der Waals surface area contributed by atoms with Crippen molar-refractivity contribution in [2.24, 2.45) is 0 Å². The summed E-state index contributed by atoms with van der Waals surface area (Å²) < 4.78 is 5.71. The maximum Gasteiger partial charge on any atom is 0.0634 e. The van der Waals surface area contributed by atoms with E-state index in [4.69, 9.17) is 4.74 Å². The predicted octanol–water partition coefficient (Wildman–Crippen LogP) is 2.30. The van der Waals surface area contributed by atoms with Gasteiger partial charge in [-0.25, -0.2) is 0 Å². The highest BCUT2D eigenvalue weighted by atomic mass is 16.5. The van der Waals surface area contributed by atoms with Crippen molar-refractivity contribution >= 4 is 0 Å². The van der Waals surface area contributed by atoms with Crippen LogP contribution in [0.1, 0.15) is 52.4 Å². The van der Waals surface area contributed by atoms with Gasteiger partial charge in [-0.1, -0.05) is 6.92 Å². The first-order valence-electron chi connectivity index (χ1n) is 9.11. The molecule has 21 heavy (non-hydrogen) atoms. The molecular weight excluding hydrogens is 262 g/mol. The van der Waals surface area contributed by atoms with Crippen molar-refractivity contribution in [1.82, 2.24) is 15.1 Å². The normalized spacial score (nSPS) is 22.4. The Morgan fingerprint density at radius 1 is 0.952 bits per heavy atom. The lowest BCUT2D eigenvalue weighted by Gasteiger charge is -2.35. The van der Waals surface area contributed by atoms with Crippen LogP contribution in [0.5, 0.6) is 0 Å². The van der Waals surface area contributed by atoms with Gasteiger partial charge in [0.1, 0.15) is 0 Å². The van der Waals surface area contributed by atoms with Crippen LogP contribution in [0.4, 0.5) is 0 Å². The Morgan fingerprint density at radius 3 is 2.05 bits per heavy atom. The number of nitrogens with zero attached hydrogens (tertiary/aromatic N) is 2. The molecule has 1 unspecified atom stereocenters. The molecule has 0 aliphatic carbocycles. The number of hydrogen-bond donors (Lipinski definition) is 1. The zero-order chi connectivity index (χ0) is 14.9. The van der Waals surface area contributed by atoms with E-state index in [0.29, 0.717) is 12.3 Å². The molecule has 1 atom stereocenters. The number of ether oxygens (including phenoxy) is 1. The highest BCUT2D eigenvalue weighted by molar-refractivity contribution is 4.81. The SMILES string of the molecule is CCC(C)OCCNCCC(N1CCCC1)N1CCCC1. The van der Waals surface area contributed by atoms with E-state index in [1.165, 1.54) is 58.3 Å². The van der Waals surface area contributed by atoms with Crippen molar-refractivity contribution in [3.05, 3.63) is 0 Å². The minimum atomic E-state index is 0.397. The van der Waals surface area contributed by atoms with Crippen molar-refractivity contribution in [3.8, 4) is 0 Å². The van der Waals surface area contributed by atoms with Crippen molar-refractivity contribution in [3.63, 3.8) is 0 Å². The zero-order valence-electron chi connectivity index (χ0n) is 14.1. The molecule has 124 valence electrons. The van der Waals surface area contributed by atoms with Crippen LogP contribution in [-0.2, 0) is 4.74 Å². The minimum Gasteiger partial charge on any atom is -0.377 e. The van der Waals surface area contributed by atoms with Gasteiger partial charge in [0.2, 0.25) is 0 Å². The van der Waals surface area contributed by atoms with Gasteiger partial charge in [0.05, 0.1) is 18.9 Å². The minimum absolute atomic E-state index is 0.397. The molecule has 1 N–H and O–H groups in total. The first-order chi connectivity index (χ1) is 10.3. The fourth-order valence-corrected chi connectivity index (χ4v) is 3.48. The van der Waals surface area contributed by atoms with Crippen molar-refractivity contribution in [2.75, 3.05) is 45.9 Å². The van der Waals surface area contributed by atoms with E-state index in [-0.39, 0.29) is 0 Å².